The van der Waals surface area contributed by atoms with Gasteiger partial charge in [0.1, 0.15) is 24.7 Å². The summed E-state index contributed by atoms with van der Waals surface area (Å²) in [5.41, 5.74) is 3.51. The van der Waals surface area contributed by atoms with Gasteiger partial charge in [0.15, 0.2) is 0 Å². The lowest BCUT2D eigenvalue weighted by Crippen LogP contribution is -2.38. The van der Waals surface area contributed by atoms with E-state index in [0.29, 0.717) is 45.5 Å². The van der Waals surface area contributed by atoms with Crippen LogP contribution in [0.25, 0.3) is 0 Å². The Morgan fingerprint density at radius 3 is 2.40 bits per heavy atom. The van der Waals surface area contributed by atoms with Gasteiger partial charge < -0.3 is 24.5 Å². The Morgan fingerprint density at radius 2 is 1.77 bits per heavy atom. The molecule has 3 aromatic rings. The number of hydrogen-bond acceptors (Lipinski definition) is 6. The Balaban J connectivity index is 1.54. The van der Waals surface area contributed by atoms with Crippen molar-refractivity contribution in [2.45, 2.75) is 37.6 Å². The van der Waals surface area contributed by atoms with Gasteiger partial charge in [-0.15, -0.1) is 13.2 Å². The molecule has 0 saturated heterocycles. The van der Waals surface area contributed by atoms with E-state index in [1.165, 1.54) is 26.4 Å². The zero-order valence-corrected chi connectivity index (χ0v) is 22.8. The molecule has 5 rings (SSSR count). The molecule has 0 aromatic heterocycles. The summed E-state index contributed by atoms with van der Waals surface area (Å²) >= 11 is 6.13. The van der Waals surface area contributed by atoms with Gasteiger partial charge in [-0.05, 0) is 61.2 Å². The molecule has 3 aromatic carbocycles. The van der Waals surface area contributed by atoms with Gasteiger partial charge in [0.05, 0.1) is 18.5 Å². The van der Waals surface area contributed by atoms with Crippen molar-refractivity contribution >= 4 is 34.6 Å². The minimum atomic E-state index is -4.85. The quantitative estimate of drug-likeness (QED) is 0.236. The molecule has 1 fully saturated rings. The molecule has 210 valence electrons. The Morgan fingerprint density at radius 1 is 1.05 bits per heavy atom. The fourth-order valence-corrected chi connectivity index (χ4v) is 5.22. The van der Waals surface area contributed by atoms with Crippen LogP contribution >= 0.6 is 11.6 Å². The first kappa shape index (κ1) is 27.6. The smallest absolute Gasteiger partial charge is 0.497 e. The maximum atomic E-state index is 14.3. The lowest BCUT2D eigenvalue weighted by Gasteiger charge is -2.27. The van der Waals surface area contributed by atoms with Crippen molar-refractivity contribution in [3.05, 3.63) is 82.4 Å². The lowest BCUT2D eigenvalue weighted by molar-refractivity contribution is -0.274. The molecule has 0 bridgehead atoms. The summed E-state index contributed by atoms with van der Waals surface area (Å²) < 4.78 is 48.6. The normalized spacial score (nSPS) is 16.4. The van der Waals surface area contributed by atoms with Gasteiger partial charge in [-0.3, -0.25) is 4.79 Å². The van der Waals surface area contributed by atoms with Crippen LogP contribution in [0.5, 0.6) is 11.5 Å². The van der Waals surface area contributed by atoms with E-state index in [-0.39, 0.29) is 17.1 Å². The molecular formula is C29H27ClF3N3O4. The van der Waals surface area contributed by atoms with Crippen molar-refractivity contribution < 1.29 is 32.3 Å². The van der Waals surface area contributed by atoms with Crippen LogP contribution < -0.4 is 19.7 Å². The van der Waals surface area contributed by atoms with Crippen LogP contribution in [0.4, 0.5) is 24.5 Å². The largest absolute Gasteiger partial charge is 0.573 e. The predicted octanol–water partition coefficient (Wildman–Crippen LogP) is 6.85. The maximum Gasteiger partial charge on any atom is 0.573 e. The number of ether oxygens (including phenoxy) is 2. The molecule has 1 atom stereocenters. The highest BCUT2D eigenvalue weighted by Crippen LogP contribution is 2.57. The number of nitrogens with one attached hydrogen (secondary N) is 1. The third-order valence-corrected chi connectivity index (χ3v) is 7.45. The van der Waals surface area contributed by atoms with Crippen molar-refractivity contribution in [3.63, 3.8) is 0 Å². The van der Waals surface area contributed by atoms with Gasteiger partial charge in [0.25, 0.3) is 5.91 Å². The van der Waals surface area contributed by atoms with E-state index in [1.54, 1.807) is 54.3 Å². The number of amides is 1. The lowest BCUT2D eigenvalue weighted by atomic mass is 9.99. The molecule has 1 saturated carbocycles. The van der Waals surface area contributed by atoms with Gasteiger partial charge in [-0.2, -0.15) is 0 Å². The summed E-state index contributed by atoms with van der Waals surface area (Å²) in [6, 6.07) is 15.5. The number of carbonyl (C=O) groups excluding carboxylic acids is 1. The first-order valence-electron chi connectivity index (χ1n) is 12.5. The minimum Gasteiger partial charge on any atom is -0.497 e. The molecule has 1 amide bonds. The molecular weight excluding hydrogens is 547 g/mol. The third-order valence-electron chi connectivity index (χ3n) is 7.19. The molecule has 1 aliphatic carbocycles. The number of rotatable bonds is 8. The van der Waals surface area contributed by atoms with Crippen molar-refractivity contribution in [2.75, 3.05) is 31.0 Å². The highest BCUT2D eigenvalue weighted by Gasteiger charge is 2.54. The first-order valence-corrected chi connectivity index (χ1v) is 12.9. The number of nitrogens with zero attached hydrogens (tertiary/aromatic N) is 2. The molecule has 1 spiro atoms. The number of benzene rings is 3. The number of methoxy groups -OCH3 is 1. The van der Waals surface area contributed by atoms with E-state index in [9.17, 15) is 18.0 Å². The number of oxime groups is 1. The van der Waals surface area contributed by atoms with Gasteiger partial charge in [0.2, 0.25) is 0 Å². The molecule has 2 aliphatic rings. The van der Waals surface area contributed by atoms with E-state index in [0.717, 1.165) is 18.4 Å². The number of anilines is 2. The van der Waals surface area contributed by atoms with Crippen LogP contribution in [0, 0.1) is 0 Å². The number of hydrogen-bond donors (Lipinski definition) is 1. The molecule has 7 nitrogen and oxygen atoms in total. The third kappa shape index (κ3) is 5.67. The van der Waals surface area contributed by atoms with E-state index >= 15 is 0 Å². The average Bonchev–Trinajstić information content (AvgIpc) is 3.62. The molecule has 11 heteroatoms. The Hall–Kier alpha value is -3.92. The summed E-state index contributed by atoms with van der Waals surface area (Å²) in [6.07, 6.45) is -3.15. The summed E-state index contributed by atoms with van der Waals surface area (Å²) in [5.74, 6) is -0.170. The number of halogens is 4. The van der Waals surface area contributed by atoms with Crippen molar-refractivity contribution in [2.24, 2.45) is 5.16 Å². The Bertz CT molecular complexity index is 1460. The standard InChI is InChI=1S/C29H27ClF3N3O4/c1-17(35-39-3)19-12-21(14-23(13-19)38-2)34-26(18-4-6-20(30)7-5-18)27(37)36-16-28(10-11-28)24-9-8-22(15-25(24)36)40-29(31,32)33/h4-9,12-15,26,34H,10-11,16H2,1-3H3. The summed E-state index contributed by atoms with van der Waals surface area (Å²) in [6.45, 7) is 2.14. The maximum absolute atomic E-state index is 14.3. The second-order valence-corrected chi connectivity index (χ2v) is 10.3. The van der Waals surface area contributed by atoms with Crippen LogP contribution in [-0.4, -0.2) is 38.7 Å². The van der Waals surface area contributed by atoms with E-state index in [1.807, 2.05) is 6.07 Å². The van der Waals surface area contributed by atoms with Gasteiger partial charge in [-0.1, -0.05) is 35.0 Å². The topological polar surface area (TPSA) is 72.4 Å². The van der Waals surface area contributed by atoms with Crippen LogP contribution in [-0.2, 0) is 15.0 Å². The van der Waals surface area contributed by atoms with Gasteiger partial charge in [0, 0.05) is 40.4 Å². The zero-order chi connectivity index (χ0) is 28.7. The monoisotopic (exact) mass is 573 g/mol. The molecule has 1 heterocycles. The predicted molar refractivity (Wildman–Crippen MR) is 146 cm³/mol. The molecule has 1 N–H and O–H groups in total. The van der Waals surface area contributed by atoms with Gasteiger partial charge >= 0.3 is 6.36 Å². The summed E-state index contributed by atoms with van der Waals surface area (Å²) in [5, 5.41) is 7.81. The molecule has 40 heavy (non-hydrogen) atoms. The van der Waals surface area contributed by atoms with Crippen LogP contribution in [0.3, 0.4) is 0 Å². The number of carbonyl (C=O) groups is 1. The second kappa shape index (κ2) is 10.6. The average molecular weight is 574 g/mol. The van der Waals surface area contributed by atoms with Crippen molar-refractivity contribution in [1.29, 1.82) is 0 Å². The fraction of sp³-hybridized carbons (Fsp3) is 0.310. The second-order valence-electron chi connectivity index (χ2n) is 9.87. The molecule has 1 aliphatic heterocycles. The van der Waals surface area contributed by atoms with E-state index in [4.69, 9.17) is 21.2 Å². The van der Waals surface area contributed by atoms with Crippen molar-refractivity contribution in [1.82, 2.24) is 0 Å². The summed E-state index contributed by atoms with van der Waals surface area (Å²) in [4.78, 5) is 20.7. The van der Waals surface area contributed by atoms with E-state index in [2.05, 4.69) is 15.2 Å². The number of alkyl halides is 3. The Labute approximate surface area is 234 Å². The first-order chi connectivity index (χ1) is 19.0. The van der Waals surface area contributed by atoms with Crippen LogP contribution in [0.2, 0.25) is 5.02 Å². The summed E-state index contributed by atoms with van der Waals surface area (Å²) in [7, 11) is 2.98. The molecule has 0 radical (unpaired) electrons. The van der Waals surface area contributed by atoms with E-state index < -0.39 is 12.4 Å². The van der Waals surface area contributed by atoms with Crippen LogP contribution in [0.15, 0.2) is 65.8 Å². The van der Waals surface area contributed by atoms with Gasteiger partial charge in [-0.25, -0.2) is 0 Å². The van der Waals surface area contributed by atoms with Crippen molar-refractivity contribution in [3.8, 4) is 11.5 Å². The SMILES string of the molecule is CON=C(C)c1cc(NC(C(=O)N2CC3(CC3)c3ccc(OC(F)(F)F)cc32)c2ccc(Cl)cc2)cc(OC)c1. The fourth-order valence-electron chi connectivity index (χ4n) is 5.09. The zero-order valence-electron chi connectivity index (χ0n) is 22.0. The minimum absolute atomic E-state index is 0.261. The number of fused-ring (bicyclic) bond motifs is 2. The molecule has 1 unspecified atom stereocenters. The Kier molecular flexibility index (Phi) is 7.31. The highest BCUT2D eigenvalue weighted by atomic mass is 35.5. The van der Waals surface area contributed by atoms with Crippen LogP contribution in [0.1, 0.15) is 42.5 Å². The highest BCUT2D eigenvalue weighted by molar-refractivity contribution is 6.30.